The van der Waals surface area contributed by atoms with Gasteiger partial charge >= 0.3 is 0 Å². The van der Waals surface area contributed by atoms with Gasteiger partial charge in [-0.2, -0.15) is 0 Å². The van der Waals surface area contributed by atoms with Gasteiger partial charge in [-0.1, -0.05) is 0 Å². The maximum Gasteiger partial charge on any atom is 0.236 e. The highest BCUT2D eigenvalue weighted by atomic mass is 16.2. The van der Waals surface area contributed by atoms with E-state index in [1.807, 2.05) is 0 Å². The average Bonchev–Trinajstić information content (AvgIpc) is 2.99. The first-order chi connectivity index (χ1) is 6.68. The van der Waals surface area contributed by atoms with Gasteiger partial charge in [0.1, 0.15) is 0 Å². The summed E-state index contributed by atoms with van der Waals surface area (Å²) >= 11 is 0. The lowest BCUT2D eigenvalue weighted by molar-refractivity contribution is -0.122. The Hall–Kier alpha value is -0.570. The number of hydrogen-bond acceptors (Lipinski definition) is 2. The molecule has 2 aliphatic rings. The monoisotopic (exact) mass is 196 g/mol. The molecule has 0 unspecified atom stereocenters. The van der Waals surface area contributed by atoms with E-state index in [0.717, 1.165) is 24.3 Å². The molecule has 2 rings (SSSR count). The molecule has 0 bridgehead atoms. The molecule has 0 saturated heterocycles. The van der Waals surface area contributed by atoms with Crippen molar-refractivity contribution in [3.8, 4) is 0 Å². The Balaban J connectivity index is 1.74. The third kappa shape index (κ3) is 2.47. The summed E-state index contributed by atoms with van der Waals surface area (Å²) in [4.78, 5) is 11.3. The molecule has 0 heterocycles. The number of nitrogens with two attached hydrogens (primary N) is 1. The molecule has 0 aromatic heterocycles. The van der Waals surface area contributed by atoms with Crippen LogP contribution in [0.15, 0.2) is 0 Å². The van der Waals surface area contributed by atoms with Crippen molar-refractivity contribution >= 4 is 5.91 Å². The first-order valence-corrected chi connectivity index (χ1v) is 5.71. The predicted molar refractivity (Wildman–Crippen MR) is 55.6 cm³/mol. The number of hydrogen-bond donors (Lipinski definition) is 2. The minimum atomic E-state index is -0.367. The lowest BCUT2D eigenvalue weighted by Gasteiger charge is -2.17. The van der Waals surface area contributed by atoms with Gasteiger partial charge in [0.15, 0.2) is 0 Å². The quantitative estimate of drug-likeness (QED) is 0.686. The van der Waals surface area contributed by atoms with E-state index in [2.05, 4.69) is 5.32 Å². The van der Waals surface area contributed by atoms with E-state index >= 15 is 0 Å². The second-order valence-electron chi connectivity index (χ2n) is 4.87. The van der Waals surface area contributed by atoms with Gasteiger partial charge in [-0.25, -0.2) is 0 Å². The molecule has 0 aromatic rings. The molecule has 14 heavy (non-hydrogen) atoms. The molecule has 2 fully saturated rings. The van der Waals surface area contributed by atoms with Gasteiger partial charge in [-0.15, -0.1) is 0 Å². The third-order valence-corrected chi connectivity index (χ3v) is 3.38. The van der Waals surface area contributed by atoms with Crippen LogP contribution in [0.3, 0.4) is 0 Å². The molecule has 3 N–H and O–H groups in total. The summed E-state index contributed by atoms with van der Waals surface area (Å²) in [7, 11) is 0. The van der Waals surface area contributed by atoms with Crippen molar-refractivity contribution in [2.75, 3.05) is 6.54 Å². The summed E-state index contributed by atoms with van der Waals surface area (Å²) in [5, 5.41) is 2.96. The van der Waals surface area contributed by atoms with Crippen LogP contribution in [0.2, 0.25) is 0 Å². The lowest BCUT2D eigenvalue weighted by Crippen LogP contribution is -2.41. The summed E-state index contributed by atoms with van der Waals surface area (Å²) in [5.74, 6) is 2.54. The molecular weight excluding hydrogens is 176 g/mol. The summed E-state index contributed by atoms with van der Waals surface area (Å²) in [6.45, 7) is 2.59. The summed E-state index contributed by atoms with van der Waals surface area (Å²) in [6, 6.07) is -0.367. The summed E-state index contributed by atoms with van der Waals surface area (Å²) < 4.78 is 0. The minimum Gasteiger partial charge on any atom is -0.354 e. The van der Waals surface area contributed by atoms with Crippen molar-refractivity contribution in [1.29, 1.82) is 0 Å². The molecule has 3 heteroatoms. The molecule has 1 atom stereocenters. The highest BCUT2D eigenvalue weighted by Crippen LogP contribution is 2.48. The molecule has 2 saturated carbocycles. The van der Waals surface area contributed by atoms with Gasteiger partial charge in [0.2, 0.25) is 5.91 Å². The number of rotatable bonds is 5. The maximum atomic E-state index is 11.3. The molecule has 80 valence electrons. The van der Waals surface area contributed by atoms with Crippen LogP contribution in [0.4, 0.5) is 0 Å². The smallest absolute Gasteiger partial charge is 0.236 e. The largest absolute Gasteiger partial charge is 0.354 e. The SMILES string of the molecule is C[C@@H](N)C(=O)NCC(C1CC1)C1CC1. The molecule has 0 radical (unpaired) electrons. The molecule has 1 amide bonds. The maximum absolute atomic E-state index is 11.3. The van der Waals surface area contributed by atoms with Crippen molar-refractivity contribution < 1.29 is 4.79 Å². The Morgan fingerprint density at radius 2 is 1.86 bits per heavy atom. The van der Waals surface area contributed by atoms with E-state index < -0.39 is 0 Å². The highest BCUT2D eigenvalue weighted by Gasteiger charge is 2.41. The van der Waals surface area contributed by atoms with Crippen molar-refractivity contribution in [3.05, 3.63) is 0 Å². The Labute approximate surface area is 85.4 Å². The van der Waals surface area contributed by atoms with Crippen LogP contribution >= 0.6 is 0 Å². The average molecular weight is 196 g/mol. The minimum absolute atomic E-state index is 0.00343. The second kappa shape index (κ2) is 3.89. The Bertz CT molecular complexity index is 207. The van der Waals surface area contributed by atoms with E-state index in [1.165, 1.54) is 25.7 Å². The first kappa shape index (κ1) is 9.97. The zero-order valence-electron chi connectivity index (χ0n) is 8.83. The predicted octanol–water partition coefficient (Wildman–Crippen LogP) is 0.886. The molecule has 0 aliphatic heterocycles. The Morgan fingerprint density at radius 3 is 2.21 bits per heavy atom. The van der Waals surface area contributed by atoms with E-state index in [4.69, 9.17) is 5.73 Å². The van der Waals surface area contributed by atoms with E-state index in [9.17, 15) is 4.79 Å². The summed E-state index contributed by atoms with van der Waals surface area (Å²) in [5.41, 5.74) is 5.49. The standard InChI is InChI=1S/C11H20N2O/c1-7(12)11(14)13-6-10(8-2-3-8)9-4-5-9/h7-10H,2-6,12H2,1H3,(H,13,14)/t7-/m1/s1. The van der Waals surface area contributed by atoms with Crippen molar-refractivity contribution in [2.24, 2.45) is 23.5 Å². The van der Waals surface area contributed by atoms with Crippen LogP contribution < -0.4 is 11.1 Å². The van der Waals surface area contributed by atoms with Gasteiger partial charge in [0.25, 0.3) is 0 Å². The highest BCUT2D eigenvalue weighted by molar-refractivity contribution is 5.80. The zero-order chi connectivity index (χ0) is 10.1. The van der Waals surface area contributed by atoms with Crippen molar-refractivity contribution in [2.45, 2.75) is 38.6 Å². The zero-order valence-corrected chi connectivity index (χ0v) is 8.83. The van der Waals surface area contributed by atoms with Crippen LogP contribution in [0.1, 0.15) is 32.6 Å². The van der Waals surface area contributed by atoms with Crippen LogP contribution in [0.25, 0.3) is 0 Å². The first-order valence-electron chi connectivity index (χ1n) is 5.71. The van der Waals surface area contributed by atoms with Gasteiger partial charge < -0.3 is 11.1 Å². The Morgan fingerprint density at radius 1 is 1.36 bits per heavy atom. The number of nitrogens with one attached hydrogen (secondary N) is 1. The Kier molecular flexibility index (Phi) is 2.77. The van der Waals surface area contributed by atoms with E-state index in [0.29, 0.717) is 0 Å². The van der Waals surface area contributed by atoms with Crippen LogP contribution in [0.5, 0.6) is 0 Å². The van der Waals surface area contributed by atoms with Crippen LogP contribution in [-0.4, -0.2) is 18.5 Å². The van der Waals surface area contributed by atoms with Crippen LogP contribution in [0, 0.1) is 17.8 Å². The number of carbonyl (C=O) groups excluding carboxylic acids is 1. The van der Waals surface area contributed by atoms with Gasteiger partial charge in [-0.05, 0) is 50.4 Å². The fraction of sp³-hybridized carbons (Fsp3) is 0.909. The van der Waals surface area contributed by atoms with Crippen molar-refractivity contribution in [3.63, 3.8) is 0 Å². The molecule has 0 spiro atoms. The van der Waals surface area contributed by atoms with Gasteiger partial charge in [0, 0.05) is 6.54 Å². The topological polar surface area (TPSA) is 55.1 Å². The molecule has 0 aromatic carbocycles. The van der Waals surface area contributed by atoms with Gasteiger partial charge in [-0.3, -0.25) is 4.79 Å². The van der Waals surface area contributed by atoms with E-state index in [1.54, 1.807) is 6.92 Å². The van der Waals surface area contributed by atoms with Gasteiger partial charge in [0.05, 0.1) is 6.04 Å². The lowest BCUT2D eigenvalue weighted by atomic mass is 9.98. The van der Waals surface area contributed by atoms with Crippen LogP contribution in [-0.2, 0) is 4.79 Å². The third-order valence-electron chi connectivity index (χ3n) is 3.38. The normalized spacial score (nSPS) is 23.6. The van der Waals surface area contributed by atoms with Crippen molar-refractivity contribution in [1.82, 2.24) is 5.32 Å². The fourth-order valence-electron chi connectivity index (χ4n) is 2.15. The fourth-order valence-corrected chi connectivity index (χ4v) is 2.15. The van der Waals surface area contributed by atoms with E-state index in [-0.39, 0.29) is 11.9 Å². The number of amides is 1. The number of carbonyl (C=O) groups is 1. The summed E-state index contributed by atoms with van der Waals surface area (Å²) in [6.07, 6.45) is 5.48. The molecular formula is C11H20N2O. The molecule has 2 aliphatic carbocycles. The molecule has 3 nitrogen and oxygen atoms in total. The second-order valence-corrected chi connectivity index (χ2v) is 4.87.